The van der Waals surface area contributed by atoms with Crippen LogP contribution in [0.1, 0.15) is 39.5 Å². The molecule has 0 bridgehead atoms. The first-order chi connectivity index (χ1) is 4.56. The molecule has 0 aromatic heterocycles. The Morgan fingerprint density at radius 1 is 1.20 bits per heavy atom. The van der Waals surface area contributed by atoms with Gasteiger partial charge in [-0.25, -0.2) is 0 Å². The van der Waals surface area contributed by atoms with Crippen molar-refractivity contribution in [1.29, 1.82) is 0 Å². The third kappa shape index (κ3) is 8.25. The molecule has 0 fully saturated rings. The molecule has 10 heavy (non-hydrogen) atoms. The molecule has 62 valence electrons. The first-order valence-corrected chi connectivity index (χ1v) is 4.24. The summed E-state index contributed by atoms with van der Waals surface area (Å²) in [5, 5.41) is 8.46. The number of hydrogen-bond acceptors (Lipinski definition) is 1. The smallest absolute Gasteiger partial charge is 0.0431 e. The number of rotatable bonds is 5. The Labute approximate surface area is 68.4 Å². The Balaban J connectivity index is 3.04. The Morgan fingerprint density at radius 2 is 1.80 bits per heavy atom. The third-order valence-corrected chi connectivity index (χ3v) is 1.62. The average molecular weight is 165 g/mol. The number of aliphatic hydroxyl groups excluding tert-OH is 1. The fourth-order valence-electron chi connectivity index (χ4n) is 0.834. The van der Waals surface area contributed by atoms with E-state index >= 15 is 0 Å². The largest absolute Gasteiger partial charge is 0.396 e. The lowest BCUT2D eigenvalue weighted by molar-refractivity contribution is 0.281. The quantitative estimate of drug-likeness (QED) is 0.489. The van der Waals surface area contributed by atoms with Gasteiger partial charge in [-0.3, -0.25) is 0 Å². The van der Waals surface area contributed by atoms with Gasteiger partial charge in [0.1, 0.15) is 0 Å². The van der Waals surface area contributed by atoms with E-state index in [4.69, 9.17) is 16.7 Å². The van der Waals surface area contributed by atoms with E-state index in [-0.39, 0.29) is 4.87 Å². The molecule has 1 nitrogen and oxygen atoms in total. The van der Waals surface area contributed by atoms with E-state index in [0.717, 1.165) is 25.7 Å². The summed E-state index contributed by atoms with van der Waals surface area (Å²) in [6.07, 6.45) is 4.16. The van der Waals surface area contributed by atoms with Gasteiger partial charge < -0.3 is 5.11 Å². The monoisotopic (exact) mass is 164 g/mol. The SMILES string of the molecule is CC(C)(Cl)CCCCCO. The summed E-state index contributed by atoms with van der Waals surface area (Å²) < 4.78 is 0. The van der Waals surface area contributed by atoms with E-state index in [1.807, 2.05) is 13.8 Å². The molecule has 1 N–H and O–H groups in total. The van der Waals surface area contributed by atoms with Crippen LogP contribution in [0.25, 0.3) is 0 Å². The lowest BCUT2D eigenvalue weighted by Crippen LogP contribution is -2.09. The minimum absolute atomic E-state index is 0.0601. The zero-order valence-electron chi connectivity index (χ0n) is 6.86. The first-order valence-electron chi connectivity index (χ1n) is 3.86. The molecule has 0 aliphatic rings. The standard InChI is InChI=1S/C8H17ClO/c1-8(2,9)6-4-3-5-7-10/h10H,3-7H2,1-2H3. The Hall–Kier alpha value is 0.250. The second-order valence-electron chi connectivity index (χ2n) is 3.25. The van der Waals surface area contributed by atoms with E-state index in [2.05, 4.69) is 0 Å². The van der Waals surface area contributed by atoms with Crippen molar-refractivity contribution in [2.24, 2.45) is 0 Å². The summed E-state index contributed by atoms with van der Waals surface area (Å²) >= 11 is 5.95. The number of unbranched alkanes of at least 4 members (excludes halogenated alkanes) is 2. The molecule has 0 radical (unpaired) electrons. The molecule has 0 aromatic carbocycles. The van der Waals surface area contributed by atoms with Crippen LogP contribution in [0.2, 0.25) is 0 Å². The van der Waals surface area contributed by atoms with Crippen molar-refractivity contribution >= 4 is 11.6 Å². The van der Waals surface area contributed by atoms with Crippen molar-refractivity contribution < 1.29 is 5.11 Å². The average Bonchev–Trinajstić information content (AvgIpc) is 1.78. The van der Waals surface area contributed by atoms with Gasteiger partial charge in [0, 0.05) is 11.5 Å². The van der Waals surface area contributed by atoms with Crippen molar-refractivity contribution in [3.05, 3.63) is 0 Å². The van der Waals surface area contributed by atoms with E-state index < -0.39 is 0 Å². The second kappa shape index (κ2) is 4.97. The Bertz CT molecular complexity index is 75.8. The zero-order chi connectivity index (χ0) is 8.04. The van der Waals surface area contributed by atoms with Gasteiger partial charge in [-0.2, -0.15) is 0 Å². The van der Waals surface area contributed by atoms with Gasteiger partial charge in [0.2, 0.25) is 0 Å². The fourth-order valence-corrected chi connectivity index (χ4v) is 0.968. The second-order valence-corrected chi connectivity index (χ2v) is 4.28. The van der Waals surface area contributed by atoms with Crippen molar-refractivity contribution in [3.63, 3.8) is 0 Å². The van der Waals surface area contributed by atoms with E-state index in [1.54, 1.807) is 0 Å². The van der Waals surface area contributed by atoms with Crippen LogP contribution >= 0.6 is 11.6 Å². The highest BCUT2D eigenvalue weighted by Gasteiger charge is 2.11. The summed E-state index contributed by atoms with van der Waals surface area (Å²) in [6.45, 7) is 4.35. The molecular formula is C8H17ClO. The predicted octanol–water partition coefficient (Wildman–Crippen LogP) is 2.56. The summed E-state index contributed by atoms with van der Waals surface area (Å²) in [4.78, 5) is -0.0601. The third-order valence-electron chi connectivity index (χ3n) is 1.43. The van der Waals surface area contributed by atoms with Crippen molar-refractivity contribution in [3.8, 4) is 0 Å². The highest BCUT2D eigenvalue weighted by Crippen LogP contribution is 2.20. The highest BCUT2D eigenvalue weighted by molar-refractivity contribution is 6.23. The maximum absolute atomic E-state index is 8.46. The van der Waals surface area contributed by atoms with Gasteiger partial charge in [-0.1, -0.05) is 12.8 Å². The molecule has 0 saturated heterocycles. The number of hydrogen-bond donors (Lipinski definition) is 1. The van der Waals surface area contributed by atoms with Crippen LogP contribution in [0.4, 0.5) is 0 Å². The molecule has 2 heteroatoms. The molecule has 0 aliphatic carbocycles. The molecule has 0 spiro atoms. The van der Waals surface area contributed by atoms with Gasteiger partial charge in [0.15, 0.2) is 0 Å². The topological polar surface area (TPSA) is 20.2 Å². The summed E-state index contributed by atoms with van der Waals surface area (Å²) in [6, 6.07) is 0. The lowest BCUT2D eigenvalue weighted by Gasteiger charge is -2.14. The van der Waals surface area contributed by atoms with E-state index in [0.29, 0.717) is 6.61 Å². The molecule has 0 heterocycles. The van der Waals surface area contributed by atoms with Crippen LogP contribution in [-0.2, 0) is 0 Å². The zero-order valence-corrected chi connectivity index (χ0v) is 7.62. The van der Waals surface area contributed by atoms with Gasteiger partial charge in [0.05, 0.1) is 0 Å². The van der Waals surface area contributed by atoms with Crippen LogP contribution in [0.15, 0.2) is 0 Å². The molecule has 0 saturated carbocycles. The van der Waals surface area contributed by atoms with Crippen molar-refractivity contribution in [1.82, 2.24) is 0 Å². The van der Waals surface area contributed by atoms with Gasteiger partial charge >= 0.3 is 0 Å². The van der Waals surface area contributed by atoms with E-state index in [9.17, 15) is 0 Å². The highest BCUT2D eigenvalue weighted by atomic mass is 35.5. The molecule has 0 amide bonds. The van der Waals surface area contributed by atoms with Crippen LogP contribution in [-0.4, -0.2) is 16.6 Å². The van der Waals surface area contributed by atoms with Crippen molar-refractivity contribution in [2.75, 3.05) is 6.61 Å². The maximum Gasteiger partial charge on any atom is 0.0431 e. The summed E-state index contributed by atoms with van der Waals surface area (Å²) in [7, 11) is 0. The molecule has 0 rings (SSSR count). The summed E-state index contributed by atoms with van der Waals surface area (Å²) in [5.74, 6) is 0. The minimum Gasteiger partial charge on any atom is -0.396 e. The minimum atomic E-state index is -0.0601. The van der Waals surface area contributed by atoms with Crippen LogP contribution in [0, 0.1) is 0 Å². The van der Waals surface area contributed by atoms with Gasteiger partial charge in [0.25, 0.3) is 0 Å². The molecule has 0 atom stereocenters. The van der Waals surface area contributed by atoms with Crippen LogP contribution < -0.4 is 0 Å². The predicted molar refractivity (Wildman–Crippen MR) is 45.5 cm³/mol. The summed E-state index contributed by atoms with van der Waals surface area (Å²) in [5.41, 5.74) is 0. The fraction of sp³-hybridized carbons (Fsp3) is 1.00. The van der Waals surface area contributed by atoms with Crippen molar-refractivity contribution in [2.45, 2.75) is 44.4 Å². The van der Waals surface area contributed by atoms with E-state index in [1.165, 1.54) is 0 Å². The number of alkyl halides is 1. The molecule has 0 aromatic rings. The van der Waals surface area contributed by atoms with Gasteiger partial charge in [-0.15, -0.1) is 11.6 Å². The molecule has 0 aliphatic heterocycles. The Kier molecular flexibility index (Phi) is 5.10. The molecular weight excluding hydrogens is 148 g/mol. The van der Waals surface area contributed by atoms with Crippen LogP contribution in [0.5, 0.6) is 0 Å². The Morgan fingerprint density at radius 3 is 2.20 bits per heavy atom. The van der Waals surface area contributed by atoms with Gasteiger partial charge in [-0.05, 0) is 26.7 Å². The maximum atomic E-state index is 8.46. The normalized spacial score (nSPS) is 12.0. The van der Waals surface area contributed by atoms with Crippen LogP contribution in [0.3, 0.4) is 0 Å². The first kappa shape index (κ1) is 10.2. The molecule has 0 unspecified atom stereocenters. The lowest BCUT2D eigenvalue weighted by atomic mass is 10.0. The number of halogens is 1. The number of aliphatic hydroxyl groups is 1.